The van der Waals surface area contributed by atoms with Crippen molar-refractivity contribution in [2.75, 3.05) is 33.9 Å². The van der Waals surface area contributed by atoms with Gasteiger partial charge in [0.1, 0.15) is 11.5 Å². The third-order valence-corrected chi connectivity index (χ3v) is 5.67. The number of hydrogen-bond acceptors (Lipinski definition) is 5. The van der Waals surface area contributed by atoms with Gasteiger partial charge in [-0.1, -0.05) is 17.7 Å². The van der Waals surface area contributed by atoms with Crippen LogP contribution >= 0.6 is 0 Å². The van der Waals surface area contributed by atoms with E-state index in [1.807, 2.05) is 13.8 Å². The molecule has 7 heteroatoms. The molecular formula is C22H32N4O3. The standard InChI is InChI=1S/C22H32N4O3/c1-15-6-7-19(27-5)18(12-15)22(8-10-28-11-9-22)14-25-21(23-4)24-13-20-26-16(2)17(3)29-20/h6-7,12H,8-11,13-14H2,1-5H3,(H2,23,24,25). The van der Waals surface area contributed by atoms with E-state index in [1.165, 1.54) is 11.1 Å². The first kappa shape index (κ1) is 21.2. The zero-order valence-corrected chi connectivity index (χ0v) is 18.1. The Morgan fingerprint density at radius 3 is 2.59 bits per heavy atom. The number of methoxy groups -OCH3 is 1. The SMILES string of the molecule is CN=C(NCc1nc(C)c(C)o1)NCC1(c2cc(C)ccc2OC)CCOCC1. The second kappa shape index (κ2) is 9.31. The van der Waals surface area contributed by atoms with E-state index >= 15 is 0 Å². The fourth-order valence-electron chi connectivity index (χ4n) is 3.79. The molecule has 0 aliphatic carbocycles. The minimum atomic E-state index is -0.0800. The summed E-state index contributed by atoms with van der Waals surface area (Å²) in [5, 5.41) is 6.79. The number of aliphatic imine (C=N–C) groups is 1. The topological polar surface area (TPSA) is 80.9 Å². The molecule has 0 bridgehead atoms. The smallest absolute Gasteiger partial charge is 0.214 e. The zero-order valence-electron chi connectivity index (χ0n) is 18.1. The summed E-state index contributed by atoms with van der Waals surface area (Å²) in [6.45, 7) is 8.67. The maximum atomic E-state index is 5.70. The Kier molecular flexibility index (Phi) is 6.79. The maximum Gasteiger partial charge on any atom is 0.214 e. The van der Waals surface area contributed by atoms with E-state index in [2.05, 4.69) is 45.7 Å². The highest BCUT2D eigenvalue weighted by Gasteiger charge is 2.37. The fraction of sp³-hybridized carbons (Fsp3) is 0.545. The Bertz CT molecular complexity index is 834. The molecule has 7 nitrogen and oxygen atoms in total. The molecule has 2 aromatic rings. The predicted molar refractivity (Wildman–Crippen MR) is 114 cm³/mol. The minimum absolute atomic E-state index is 0.0800. The van der Waals surface area contributed by atoms with Gasteiger partial charge in [0, 0.05) is 37.8 Å². The van der Waals surface area contributed by atoms with E-state index in [9.17, 15) is 0 Å². The Morgan fingerprint density at radius 1 is 1.21 bits per heavy atom. The van der Waals surface area contributed by atoms with E-state index in [0.717, 1.165) is 55.8 Å². The first-order chi connectivity index (χ1) is 14.0. The first-order valence-electron chi connectivity index (χ1n) is 10.1. The lowest BCUT2D eigenvalue weighted by molar-refractivity contribution is 0.0505. The molecule has 1 aromatic heterocycles. The van der Waals surface area contributed by atoms with E-state index in [-0.39, 0.29) is 5.41 Å². The molecule has 29 heavy (non-hydrogen) atoms. The van der Waals surface area contributed by atoms with Gasteiger partial charge in [0.25, 0.3) is 0 Å². The second-order valence-electron chi connectivity index (χ2n) is 7.62. The summed E-state index contributed by atoms with van der Waals surface area (Å²) >= 11 is 0. The lowest BCUT2D eigenvalue weighted by Gasteiger charge is -2.39. The van der Waals surface area contributed by atoms with Gasteiger partial charge in [-0.05, 0) is 39.7 Å². The second-order valence-corrected chi connectivity index (χ2v) is 7.62. The van der Waals surface area contributed by atoms with Crippen LogP contribution in [0.2, 0.25) is 0 Å². The molecule has 1 saturated heterocycles. The van der Waals surface area contributed by atoms with Crippen LogP contribution in [0, 0.1) is 20.8 Å². The number of oxazole rings is 1. The molecule has 0 radical (unpaired) electrons. The number of guanidine groups is 1. The largest absolute Gasteiger partial charge is 0.496 e. The van der Waals surface area contributed by atoms with Crippen molar-refractivity contribution in [2.45, 2.75) is 45.6 Å². The van der Waals surface area contributed by atoms with Crippen LogP contribution in [-0.4, -0.2) is 44.9 Å². The quantitative estimate of drug-likeness (QED) is 0.573. The van der Waals surface area contributed by atoms with Crippen molar-refractivity contribution in [3.8, 4) is 5.75 Å². The van der Waals surface area contributed by atoms with Crippen LogP contribution in [0.15, 0.2) is 27.6 Å². The third-order valence-electron chi connectivity index (χ3n) is 5.67. The average molecular weight is 401 g/mol. The summed E-state index contributed by atoms with van der Waals surface area (Å²) in [6.07, 6.45) is 1.85. The Morgan fingerprint density at radius 2 is 1.97 bits per heavy atom. The van der Waals surface area contributed by atoms with Gasteiger partial charge in [-0.3, -0.25) is 4.99 Å². The molecule has 1 aliphatic heterocycles. The van der Waals surface area contributed by atoms with Crippen molar-refractivity contribution in [2.24, 2.45) is 4.99 Å². The van der Waals surface area contributed by atoms with Gasteiger partial charge in [0.2, 0.25) is 5.89 Å². The Hall–Kier alpha value is -2.54. The highest BCUT2D eigenvalue weighted by atomic mass is 16.5. The summed E-state index contributed by atoms with van der Waals surface area (Å²) in [7, 11) is 3.50. The molecule has 0 spiro atoms. The molecule has 1 aromatic carbocycles. The predicted octanol–water partition coefficient (Wildman–Crippen LogP) is 3.02. The van der Waals surface area contributed by atoms with E-state index in [0.29, 0.717) is 12.4 Å². The van der Waals surface area contributed by atoms with Crippen molar-refractivity contribution in [3.63, 3.8) is 0 Å². The van der Waals surface area contributed by atoms with Crippen LogP contribution < -0.4 is 15.4 Å². The van der Waals surface area contributed by atoms with Gasteiger partial charge in [-0.2, -0.15) is 0 Å². The molecular weight excluding hydrogens is 368 g/mol. The monoisotopic (exact) mass is 400 g/mol. The summed E-state index contributed by atoms with van der Waals surface area (Å²) < 4.78 is 17.0. The van der Waals surface area contributed by atoms with Gasteiger partial charge in [0.15, 0.2) is 5.96 Å². The number of aryl methyl sites for hydroxylation is 3. The molecule has 1 aliphatic rings. The Labute approximate surface area is 172 Å². The van der Waals surface area contributed by atoms with Crippen molar-refractivity contribution >= 4 is 5.96 Å². The van der Waals surface area contributed by atoms with Gasteiger partial charge in [-0.25, -0.2) is 4.98 Å². The molecule has 0 amide bonds. The van der Waals surface area contributed by atoms with E-state index < -0.39 is 0 Å². The maximum absolute atomic E-state index is 5.70. The Balaban J connectivity index is 1.74. The van der Waals surface area contributed by atoms with Crippen molar-refractivity contribution < 1.29 is 13.9 Å². The van der Waals surface area contributed by atoms with Gasteiger partial charge < -0.3 is 24.5 Å². The van der Waals surface area contributed by atoms with Crippen molar-refractivity contribution in [3.05, 3.63) is 46.7 Å². The average Bonchev–Trinajstić information content (AvgIpc) is 3.06. The number of hydrogen-bond donors (Lipinski definition) is 2. The third kappa shape index (κ3) is 4.90. The van der Waals surface area contributed by atoms with Gasteiger partial charge in [-0.15, -0.1) is 0 Å². The fourth-order valence-corrected chi connectivity index (χ4v) is 3.79. The summed E-state index contributed by atoms with van der Waals surface area (Å²) in [5.74, 6) is 3.14. The molecule has 1 fully saturated rings. The van der Waals surface area contributed by atoms with Crippen molar-refractivity contribution in [1.29, 1.82) is 0 Å². The van der Waals surface area contributed by atoms with Crippen LogP contribution in [-0.2, 0) is 16.7 Å². The van der Waals surface area contributed by atoms with Crippen LogP contribution in [0.25, 0.3) is 0 Å². The van der Waals surface area contributed by atoms with E-state index in [4.69, 9.17) is 13.9 Å². The summed E-state index contributed by atoms with van der Waals surface area (Å²) in [4.78, 5) is 8.78. The minimum Gasteiger partial charge on any atom is -0.496 e. The molecule has 3 rings (SSSR count). The van der Waals surface area contributed by atoms with Crippen molar-refractivity contribution in [1.82, 2.24) is 15.6 Å². The lowest BCUT2D eigenvalue weighted by atomic mass is 9.73. The zero-order chi connectivity index (χ0) is 20.9. The summed E-state index contributed by atoms with van der Waals surface area (Å²) in [5.41, 5.74) is 3.29. The normalized spacial score (nSPS) is 16.5. The molecule has 0 atom stereocenters. The molecule has 2 heterocycles. The number of rotatable bonds is 6. The number of nitrogens with zero attached hydrogens (tertiary/aromatic N) is 2. The molecule has 0 saturated carbocycles. The first-order valence-corrected chi connectivity index (χ1v) is 10.1. The number of aromatic nitrogens is 1. The van der Waals surface area contributed by atoms with Gasteiger partial charge in [0.05, 0.1) is 19.3 Å². The van der Waals surface area contributed by atoms with Crippen LogP contribution in [0.4, 0.5) is 0 Å². The molecule has 158 valence electrons. The van der Waals surface area contributed by atoms with Crippen LogP contribution in [0.5, 0.6) is 5.75 Å². The molecule has 2 N–H and O–H groups in total. The van der Waals surface area contributed by atoms with Crippen LogP contribution in [0.3, 0.4) is 0 Å². The lowest BCUT2D eigenvalue weighted by Crippen LogP contribution is -2.48. The van der Waals surface area contributed by atoms with Gasteiger partial charge >= 0.3 is 0 Å². The summed E-state index contributed by atoms with van der Waals surface area (Å²) in [6, 6.07) is 6.38. The number of nitrogens with one attached hydrogen (secondary N) is 2. The number of benzene rings is 1. The highest BCUT2D eigenvalue weighted by molar-refractivity contribution is 5.79. The van der Waals surface area contributed by atoms with E-state index in [1.54, 1.807) is 14.2 Å². The molecule has 0 unspecified atom stereocenters. The highest BCUT2D eigenvalue weighted by Crippen LogP contribution is 2.40. The van der Waals surface area contributed by atoms with Crippen LogP contribution in [0.1, 0.15) is 41.3 Å². The number of ether oxygens (including phenoxy) is 2.